The van der Waals surface area contributed by atoms with E-state index in [1.54, 1.807) is 24.3 Å². The lowest BCUT2D eigenvalue weighted by Crippen LogP contribution is -2.16. The molecule has 0 aliphatic heterocycles. The summed E-state index contributed by atoms with van der Waals surface area (Å²) >= 11 is 0. The number of sulfonamides is 1. The van der Waals surface area contributed by atoms with Crippen molar-refractivity contribution in [3.05, 3.63) is 89.5 Å². The highest BCUT2D eigenvalue weighted by atomic mass is 32.2. The monoisotopic (exact) mass is 434 g/mol. The van der Waals surface area contributed by atoms with Crippen molar-refractivity contribution in [2.24, 2.45) is 0 Å². The van der Waals surface area contributed by atoms with Gasteiger partial charge in [-0.25, -0.2) is 8.42 Å². The van der Waals surface area contributed by atoms with Gasteiger partial charge in [0.1, 0.15) is 0 Å². The molecule has 1 amide bonds. The number of benzene rings is 3. The first-order chi connectivity index (χ1) is 14.0. The third-order valence-electron chi connectivity index (χ3n) is 4.18. The summed E-state index contributed by atoms with van der Waals surface area (Å²) in [5.41, 5.74) is 0.705. The Morgan fingerprint density at radius 3 is 2.07 bits per heavy atom. The van der Waals surface area contributed by atoms with Crippen LogP contribution in [0.4, 0.5) is 24.5 Å². The van der Waals surface area contributed by atoms with E-state index >= 15 is 0 Å². The number of alkyl halides is 3. The molecule has 3 aromatic carbocycles. The van der Waals surface area contributed by atoms with E-state index in [1.807, 2.05) is 6.92 Å². The van der Waals surface area contributed by atoms with Crippen LogP contribution >= 0.6 is 0 Å². The van der Waals surface area contributed by atoms with Crippen molar-refractivity contribution in [2.75, 3.05) is 10.0 Å². The molecule has 9 heteroatoms. The molecule has 0 aliphatic carbocycles. The molecular formula is C21H17F3N2O3S. The van der Waals surface area contributed by atoms with Gasteiger partial charge in [0.05, 0.1) is 10.5 Å². The molecule has 3 rings (SSSR count). The average Bonchev–Trinajstić information content (AvgIpc) is 2.69. The highest BCUT2D eigenvalue weighted by molar-refractivity contribution is 7.92. The van der Waals surface area contributed by atoms with Gasteiger partial charge in [0, 0.05) is 16.9 Å². The molecule has 0 saturated carbocycles. The van der Waals surface area contributed by atoms with E-state index < -0.39 is 27.7 Å². The standard InChI is InChI=1S/C21H17F3N2O3S/c1-14-5-9-18(10-6-14)26-30(28,29)19-4-2-3-15(13-19)20(27)25-17-11-7-16(8-12-17)21(22,23)24/h2-13,26H,1H3,(H,25,27). The zero-order valence-electron chi connectivity index (χ0n) is 15.7. The fourth-order valence-corrected chi connectivity index (χ4v) is 3.69. The molecule has 2 N–H and O–H groups in total. The van der Waals surface area contributed by atoms with Crippen molar-refractivity contribution in [2.45, 2.75) is 18.0 Å². The highest BCUT2D eigenvalue weighted by Crippen LogP contribution is 2.30. The van der Waals surface area contributed by atoms with E-state index in [9.17, 15) is 26.4 Å². The number of hydrogen-bond acceptors (Lipinski definition) is 3. The van der Waals surface area contributed by atoms with Crippen molar-refractivity contribution in [3.63, 3.8) is 0 Å². The van der Waals surface area contributed by atoms with Crippen LogP contribution in [-0.4, -0.2) is 14.3 Å². The van der Waals surface area contributed by atoms with Crippen LogP contribution in [0.1, 0.15) is 21.5 Å². The van der Waals surface area contributed by atoms with Gasteiger partial charge in [-0.2, -0.15) is 13.2 Å². The first-order valence-electron chi connectivity index (χ1n) is 8.73. The molecule has 0 aliphatic rings. The van der Waals surface area contributed by atoms with Crippen LogP contribution in [0, 0.1) is 6.92 Å². The summed E-state index contributed by atoms with van der Waals surface area (Å²) in [5, 5.41) is 2.45. The lowest BCUT2D eigenvalue weighted by molar-refractivity contribution is -0.137. The zero-order chi connectivity index (χ0) is 21.9. The summed E-state index contributed by atoms with van der Waals surface area (Å²) in [5.74, 6) is -0.651. The van der Waals surface area contributed by atoms with Gasteiger partial charge >= 0.3 is 6.18 Å². The van der Waals surface area contributed by atoms with Gasteiger partial charge in [-0.3, -0.25) is 9.52 Å². The van der Waals surface area contributed by atoms with Crippen molar-refractivity contribution >= 4 is 27.3 Å². The van der Waals surface area contributed by atoms with Gasteiger partial charge in [-0.05, 0) is 61.5 Å². The number of anilines is 2. The number of carbonyl (C=O) groups is 1. The minimum absolute atomic E-state index is 0.0432. The normalized spacial score (nSPS) is 11.7. The van der Waals surface area contributed by atoms with E-state index in [0.29, 0.717) is 5.69 Å². The average molecular weight is 434 g/mol. The summed E-state index contributed by atoms with van der Waals surface area (Å²) in [6.07, 6.45) is -4.48. The fraction of sp³-hybridized carbons (Fsp3) is 0.0952. The molecule has 0 saturated heterocycles. The van der Waals surface area contributed by atoms with Crippen LogP contribution < -0.4 is 10.0 Å². The summed E-state index contributed by atoms with van der Waals surface area (Å²) in [6, 6.07) is 16.0. The molecule has 30 heavy (non-hydrogen) atoms. The number of amides is 1. The Bertz CT molecular complexity index is 1160. The van der Waals surface area contributed by atoms with Crippen LogP contribution in [0.2, 0.25) is 0 Å². The largest absolute Gasteiger partial charge is 0.416 e. The van der Waals surface area contributed by atoms with Gasteiger partial charge in [0.25, 0.3) is 15.9 Å². The number of nitrogens with one attached hydrogen (secondary N) is 2. The third kappa shape index (κ3) is 5.18. The van der Waals surface area contributed by atoms with E-state index in [4.69, 9.17) is 0 Å². The maximum atomic E-state index is 12.6. The van der Waals surface area contributed by atoms with Crippen molar-refractivity contribution in [3.8, 4) is 0 Å². The molecular weight excluding hydrogens is 417 g/mol. The number of hydrogen-bond donors (Lipinski definition) is 2. The Hall–Kier alpha value is -3.33. The Morgan fingerprint density at radius 2 is 1.47 bits per heavy atom. The van der Waals surface area contributed by atoms with Gasteiger partial charge in [-0.1, -0.05) is 23.8 Å². The zero-order valence-corrected chi connectivity index (χ0v) is 16.5. The number of aryl methyl sites for hydroxylation is 1. The molecule has 156 valence electrons. The summed E-state index contributed by atoms with van der Waals surface area (Å²) < 4.78 is 65.5. The SMILES string of the molecule is Cc1ccc(NS(=O)(=O)c2cccc(C(=O)Nc3ccc(C(F)(F)F)cc3)c2)cc1. The molecule has 0 heterocycles. The molecule has 0 fully saturated rings. The minimum atomic E-state index is -4.48. The molecule has 0 bridgehead atoms. The first kappa shape index (κ1) is 21.4. The maximum absolute atomic E-state index is 12.6. The molecule has 0 radical (unpaired) electrons. The summed E-state index contributed by atoms with van der Waals surface area (Å²) in [7, 11) is -3.93. The van der Waals surface area contributed by atoms with Crippen LogP contribution in [0.15, 0.2) is 77.7 Å². The van der Waals surface area contributed by atoms with E-state index in [-0.39, 0.29) is 16.1 Å². The third-order valence-corrected chi connectivity index (χ3v) is 5.56. The van der Waals surface area contributed by atoms with Gasteiger partial charge in [-0.15, -0.1) is 0 Å². The van der Waals surface area contributed by atoms with Crippen LogP contribution in [0.3, 0.4) is 0 Å². The smallest absolute Gasteiger partial charge is 0.322 e. The Balaban J connectivity index is 1.77. The van der Waals surface area contributed by atoms with E-state index in [0.717, 1.165) is 29.8 Å². The Labute approximate surface area is 171 Å². The first-order valence-corrected chi connectivity index (χ1v) is 10.2. The fourth-order valence-electron chi connectivity index (χ4n) is 2.59. The van der Waals surface area contributed by atoms with Crippen molar-refractivity contribution in [1.29, 1.82) is 0 Å². The minimum Gasteiger partial charge on any atom is -0.322 e. The highest BCUT2D eigenvalue weighted by Gasteiger charge is 2.30. The van der Waals surface area contributed by atoms with Gasteiger partial charge < -0.3 is 5.32 Å². The van der Waals surface area contributed by atoms with Crippen LogP contribution in [-0.2, 0) is 16.2 Å². The second kappa shape index (κ2) is 8.19. The van der Waals surface area contributed by atoms with Crippen LogP contribution in [0.5, 0.6) is 0 Å². The van der Waals surface area contributed by atoms with Crippen molar-refractivity contribution in [1.82, 2.24) is 0 Å². The Morgan fingerprint density at radius 1 is 0.867 bits per heavy atom. The molecule has 3 aromatic rings. The number of halogens is 3. The van der Waals surface area contributed by atoms with Crippen LogP contribution in [0.25, 0.3) is 0 Å². The molecule has 0 aromatic heterocycles. The number of rotatable bonds is 5. The topological polar surface area (TPSA) is 75.3 Å². The summed E-state index contributed by atoms with van der Waals surface area (Å²) in [6.45, 7) is 1.87. The lowest BCUT2D eigenvalue weighted by atomic mass is 10.2. The van der Waals surface area contributed by atoms with Crippen molar-refractivity contribution < 1.29 is 26.4 Å². The Kier molecular flexibility index (Phi) is 5.84. The van der Waals surface area contributed by atoms with E-state index in [1.165, 1.54) is 24.3 Å². The molecule has 5 nitrogen and oxygen atoms in total. The second-order valence-electron chi connectivity index (χ2n) is 6.53. The predicted molar refractivity (Wildman–Crippen MR) is 108 cm³/mol. The predicted octanol–water partition coefficient (Wildman–Crippen LogP) is 5.07. The molecule has 0 unspecified atom stereocenters. The molecule has 0 atom stereocenters. The number of carbonyl (C=O) groups excluding carboxylic acids is 1. The van der Waals surface area contributed by atoms with Gasteiger partial charge in [0.2, 0.25) is 0 Å². The lowest BCUT2D eigenvalue weighted by Gasteiger charge is -2.11. The quantitative estimate of drug-likeness (QED) is 0.589. The van der Waals surface area contributed by atoms with Gasteiger partial charge in [0.15, 0.2) is 0 Å². The summed E-state index contributed by atoms with van der Waals surface area (Å²) in [4.78, 5) is 12.3. The van der Waals surface area contributed by atoms with E-state index in [2.05, 4.69) is 10.0 Å². The maximum Gasteiger partial charge on any atom is 0.416 e. The second-order valence-corrected chi connectivity index (χ2v) is 8.21. The molecule has 0 spiro atoms.